The summed E-state index contributed by atoms with van der Waals surface area (Å²) in [5.74, 6) is -0.476. The number of carbonyl (C=O) groups is 3. The molecule has 116 valence electrons. The van der Waals surface area contributed by atoms with Crippen LogP contribution in [0.4, 0.5) is 4.79 Å². The van der Waals surface area contributed by atoms with Crippen LogP contribution in [0.25, 0.3) is 0 Å². The number of alkyl carbamates (subject to hydrolysis) is 1. The van der Waals surface area contributed by atoms with Crippen molar-refractivity contribution < 1.29 is 19.1 Å². The zero-order valence-electron chi connectivity index (χ0n) is 13.0. The molecule has 0 bridgehead atoms. The van der Waals surface area contributed by atoms with Gasteiger partial charge in [-0.2, -0.15) is 0 Å². The van der Waals surface area contributed by atoms with Crippen LogP contribution in [0, 0.1) is 0 Å². The van der Waals surface area contributed by atoms with E-state index in [-0.39, 0.29) is 12.3 Å². The van der Waals surface area contributed by atoms with Gasteiger partial charge in [0, 0.05) is 0 Å². The maximum atomic E-state index is 11.7. The molecule has 0 spiro atoms. The molecule has 0 heterocycles. The highest BCUT2D eigenvalue weighted by molar-refractivity contribution is 5.89. The number of ether oxygens (including phenoxy) is 1. The summed E-state index contributed by atoms with van der Waals surface area (Å²) in [7, 11) is 0. The standard InChI is InChI=1S/C14H26N2O4/c1-6-7-8-11(10(2)17)16-12(18)9-15-13(19)20-14(3,4)5/h11H,6-9H2,1-5H3,(H,15,19)(H,16,18)/t11-/m0/s1. The van der Waals surface area contributed by atoms with Crippen molar-refractivity contribution in [3.63, 3.8) is 0 Å². The molecule has 0 saturated heterocycles. The van der Waals surface area contributed by atoms with Gasteiger partial charge in [0.05, 0.1) is 6.04 Å². The van der Waals surface area contributed by atoms with E-state index in [2.05, 4.69) is 10.6 Å². The van der Waals surface area contributed by atoms with E-state index in [0.29, 0.717) is 6.42 Å². The second-order valence-corrected chi connectivity index (χ2v) is 5.73. The molecule has 0 rings (SSSR count). The average molecular weight is 286 g/mol. The average Bonchev–Trinajstić information content (AvgIpc) is 2.29. The van der Waals surface area contributed by atoms with Crippen molar-refractivity contribution >= 4 is 17.8 Å². The molecule has 0 aliphatic rings. The molecule has 0 aromatic heterocycles. The molecule has 20 heavy (non-hydrogen) atoms. The summed E-state index contributed by atoms with van der Waals surface area (Å²) in [6.45, 7) is 8.48. The summed E-state index contributed by atoms with van der Waals surface area (Å²) in [5.41, 5.74) is -0.608. The first kappa shape index (κ1) is 18.4. The summed E-state index contributed by atoms with van der Waals surface area (Å²) < 4.78 is 5.01. The minimum atomic E-state index is -0.652. The number of unbranched alkanes of at least 4 members (excludes halogenated alkanes) is 1. The maximum absolute atomic E-state index is 11.7. The van der Waals surface area contributed by atoms with Crippen LogP contribution in [0.3, 0.4) is 0 Å². The summed E-state index contributed by atoms with van der Waals surface area (Å²) in [5, 5.41) is 4.97. The number of nitrogens with one attached hydrogen (secondary N) is 2. The maximum Gasteiger partial charge on any atom is 0.408 e. The van der Waals surface area contributed by atoms with E-state index in [1.165, 1.54) is 6.92 Å². The fraction of sp³-hybridized carbons (Fsp3) is 0.786. The van der Waals surface area contributed by atoms with E-state index in [4.69, 9.17) is 4.74 Å². The Morgan fingerprint density at radius 2 is 1.80 bits per heavy atom. The number of hydrogen-bond acceptors (Lipinski definition) is 4. The van der Waals surface area contributed by atoms with E-state index < -0.39 is 23.6 Å². The number of hydrogen-bond donors (Lipinski definition) is 2. The quantitative estimate of drug-likeness (QED) is 0.747. The lowest BCUT2D eigenvalue weighted by Crippen LogP contribution is -2.45. The van der Waals surface area contributed by atoms with Crippen LogP contribution in [0.1, 0.15) is 53.9 Å². The van der Waals surface area contributed by atoms with E-state index in [1.54, 1.807) is 20.8 Å². The fourth-order valence-corrected chi connectivity index (χ4v) is 1.50. The van der Waals surface area contributed by atoms with Crippen molar-refractivity contribution in [3.8, 4) is 0 Å². The van der Waals surface area contributed by atoms with Crippen LogP contribution in [0.2, 0.25) is 0 Å². The van der Waals surface area contributed by atoms with Crippen LogP contribution in [0.5, 0.6) is 0 Å². The third-order valence-electron chi connectivity index (χ3n) is 2.46. The molecular formula is C14H26N2O4. The number of carbonyl (C=O) groups excluding carboxylic acids is 3. The van der Waals surface area contributed by atoms with Gasteiger partial charge < -0.3 is 15.4 Å². The van der Waals surface area contributed by atoms with Gasteiger partial charge in [0.2, 0.25) is 5.91 Å². The van der Waals surface area contributed by atoms with Crippen LogP contribution >= 0.6 is 0 Å². The van der Waals surface area contributed by atoms with Gasteiger partial charge in [-0.3, -0.25) is 9.59 Å². The Kier molecular flexibility index (Phi) is 7.87. The van der Waals surface area contributed by atoms with Crippen LogP contribution in [-0.4, -0.2) is 36.0 Å². The summed E-state index contributed by atoms with van der Waals surface area (Å²) in [6, 6.07) is -0.483. The summed E-state index contributed by atoms with van der Waals surface area (Å²) >= 11 is 0. The molecule has 6 nitrogen and oxygen atoms in total. The van der Waals surface area contributed by atoms with Crippen LogP contribution < -0.4 is 10.6 Å². The van der Waals surface area contributed by atoms with Gasteiger partial charge in [-0.1, -0.05) is 19.8 Å². The number of rotatable bonds is 7. The van der Waals surface area contributed by atoms with Crippen molar-refractivity contribution in [2.45, 2.75) is 65.5 Å². The highest BCUT2D eigenvalue weighted by Crippen LogP contribution is 2.06. The number of Topliss-reactive ketones (excluding diaryl/α,β-unsaturated/α-hetero) is 1. The van der Waals surface area contributed by atoms with Crippen LogP contribution in [0.15, 0.2) is 0 Å². The molecule has 0 saturated carbocycles. The molecule has 2 N–H and O–H groups in total. The largest absolute Gasteiger partial charge is 0.444 e. The predicted octanol–water partition coefficient (Wildman–Crippen LogP) is 1.78. The SMILES string of the molecule is CCCC[C@H](NC(=O)CNC(=O)OC(C)(C)C)C(C)=O. The first-order valence-electron chi connectivity index (χ1n) is 6.92. The van der Waals surface area contributed by atoms with Crippen molar-refractivity contribution in [2.24, 2.45) is 0 Å². The molecule has 1 atom stereocenters. The molecule has 2 amide bonds. The van der Waals surface area contributed by atoms with Gasteiger partial charge in [0.25, 0.3) is 0 Å². The smallest absolute Gasteiger partial charge is 0.408 e. The lowest BCUT2D eigenvalue weighted by Gasteiger charge is -2.20. The van der Waals surface area contributed by atoms with Gasteiger partial charge in [0.15, 0.2) is 5.78 Å². The van der Waals surface area contributed by atoms with E-state index >= 15 is 0 Å². The zero-order chi connectivity index (χ0) is 15.8. The third-order valence-corrected chi connectivity index (χ3v) is 2.46. The van der Waals surface area contributed by atoms with Gasteiger partial charge in [-0.15, -0.1) is 0 Å². The molecule has 0 aromatic rings. The van der Waals surface area contributed by atoms with Gasteiger partial charge in [0.1, 0.15) is 12.1 Å². The highest BCUT2D eigenvalue weighted by Gasteiger charge is 2.19. The molecule has 6 heteroatoms. The topological polar surface area (TPSA) is 84.5 Å². The van der Waals surface area contributed by atoms with Gasteiger partial charge in [-0.25, -0.2) is 4.79 Å². The molecule has 0 aliphatic carbocycles. The molecule has 0 aromatic carbocycles. The monoisotopic (exact) mass is 286 g/mol. The Morgan fingerprint density at radius 3 is 2.25 bits per heavy atom. The van der Waals surface area contributed by atoms with E-state index in [9.17, 15) is 14.4 Å². The van der Waals surface area contributed by atoms with E-state index in [0.717, 1.165) is 12.8 Å². The fourth-order valence-electron chi connectivity index (χ4n) is 1.50. The Morgan fingerprint density at radius 1 is 1.20 bits per heavy atom. The lowest BCUT2D eigenvalue weighted by molar-refractivity contribution is -0.126. The van der Waals surface area contributed by atoms with Gasteiger partial charge >= 0.3 is 6.09 Å². The highest BCUT2D eigenvalue weighted by atomic mass is 16.6. The van der Waals surface area contributed by atoms with Crippen molar-refractivity contribution in [3.05, 3.63) is 0 Å². The first-order chi connectivity index (χ1) is 9.15. The Labute approximate surface area is 120 Å². The molecule has 0 aliphatic heterocycles. The Bertz CT molecular complexity index is 348. The molecular weight excluding hydrogens is 260 g/mol. The van der Waals surface area contributed by atoms with Crippen molar-refractivity contribution in [1.29, 1.82) is 0 Å². The minimum absolute atomic E-state index is 0.0796. The number of amides is 2. The predicted molar refractivity (Wildman–Crippen MR) is 76.4 cm³/mol. The van der Waals surface area contributed by atoms with E-state index in [1.807, 2.05) is 6.92 Å². The third kappa shape index (κ3) is 9.35. The second kappa shape index (κ2) is 8.55. The summed E-state index contributed by atoms with van der Waals surface area (Å²) in [6.07, 6.45) is 1.78. The molecule has 0 fully saturated rings. The zero-order valence-corrected chi connectivity index (χ0v) is 13.0. The molecule has 0 radical (unpaired) electrons. The first-order valence-corrected chi connectivity index (χ1v) is 6.92. The molecule has 0 unspecified atom stereocenters. The normalized spacial score (nSPS) is 12.4. The van der Waals surface area contributed by atoms with Crippen LogP contribution in [-0.2, 0) is 14.3 Å². The minimum Gasteiger partial charge on any atom is -0.444 e. The van der Waals surface area contributed by atoms with Gasteiger partial charge in [-0.05, 0) is 34.1 Å². The summed E-state index contributed by atoms with van der Waals surface area (Å²) in [4.78, 5) is 34.4. The van der Waals surface area contributed by atoms with Crippen molar-refractivity contribution in [2.75, 3.05) is 6.54 Å². The Hall–Kier alpha value is -1.59. The Balaban J connectivity index is 4.14. The lowest BCUT2D eigenvalue weighted by atomic mass is 10.1. The second-order valence-electron chi connectivity index (χ2n) is 5.73. The number of ketones is 1. The van der Waals surface area contributed by atoms with Crippen molar-refractivity contribution in [1.82, 2.24) is 10.6 Å².